The summed E-state index contributed by atoms with van der Waals surface area (Å²) in [5.74, 6) is -1.34. The number of hydrogen-bond acceptors (Lipinski definition) is 6. The monoisotopic (exact) mass is 351 g/mol. The summed E-state index contributed by atoms with van der Waals surface area (Å²) in [6.45, 7) is 7.39. The third-order valence-corrected chi connectivity index (χ3v) is 4.24. The molecule has 0 aliphatic heterocycles. The van der Waals surface area contributed by atoms with Crippen molar-refractivity contribution in [1.82, 2.24) is 24.1 Å². The molecule has 0 atom stereocenters. The molecule has 0 spiro atoms. The zero-order chi connectivity index (χ0) is 17.3. The van der Waals surface area contributed by atoms with E-state index in [1.165, 1.54) is 16.9 Å². The standard InChI is InChI=1S/C16H19N5O3.Na/c1-3-19(4-2)7-8-20-6-5-13-11(15(20)22)9-17-14-12(16(23)24)10-18-21(13)14;/h5-6,9-10H,3-4,7-8H2,1-2H3,(H,23,24);/q;+1/p-1. The first-order chi connectivity index (χ1) is 11.6. The fourth-order valence-corrected chi connectivity index (χ4v) is 2.77. The zero-order valence-electron chi connectivity index (χ0n) is 14.6. The van der Waals surface area contributed by atoms with Crippen LogP contribution in [0.1, 0.15) is 24.2 Å². The SMILES string of the molecule is CCN(CC)CCn1ccc2c(cnc3c(C(=O)[O-])cnn32)c1=O.[Na+]. The van der Waals surface area contributed by atoms with Crippen molar-refractivity contribution in [1.29, 1.82) is 0 Å². The minimum atomic E-state index is -1.34. The Morgan fingerprint density at radius 2 is 2.00 bits per heavy atom. The second kappa shape index (κ2) is 8.09. The van der Waals surface area contributed by atoms with Gasteiger partial charge in [0.1, 0.15) is 0 Å². The summed E-state index contributed by atoms with van der Waals surface area (Å²) in [4.78, 5) is 30.0. The van der Waals surface area contributed by atoms with Crippen LogP contribution >= 0.6 is 0 Å². The molecule has 0 fully saturated rings. The summed E-state index contributed by atoms with van der Waals surface area (Å²) < 4.78 is 2.99. The Labute approximate surface area is 166 Å². The predicted molar refractivity (Wildman–Crippen MR) is 86.9 cm³/mol. The summed E-state index contributed by atoms with van der Waals surface area (Å²) in [5.41, 5.74) is 0.432. The second-order valence-corrected chi connectivity index (χ2v) is 5.48. The Bertz CT molecular complexity index is 961. The van der Waals surface area contributed by atoms with Crippen molar-refractivity contribution in [2.75, 3.05) is 19.6 Å². The first kappa shape index (κ1) is 19.6. The molecule has 3 heterocycles. The molecule has 0 aliphatic carbocycles. The number of carbonyl (C=O) groups is 1. The van der Waals surface area contributed by atoms with Gasteiger partial charge in [0.05, 0.1) is 28.6 Å². The van der Waals surface area contributed by atoms with E-state index >= 15 is 0 Å². The molecule has 3 aromatic heterocycles. The van der Waals surface area contributed by atoms with Crippen LogP contribution in [0, 0.1) is 0 Å². The van der Waals surface area contributed by atoms with Crippen LogP contribution < -0.4 is 40.2 Å². The Morgan fingerprint density at radius 3 is 2.64 bits per heavy atom. The number of pyridine rings is 1. The fourth-order valence-electron chi connectivity index (χ4n) is 2.77. The fraction of sp³-hybridized carbons (Fsp3) is 0.375. The maximum atomic E-state index is 12.6. The molecular weight excluding hydrogens is 333 g/mol. The molecule has 126 valence electrons. The van der Waals surface area contributed by atoms with E-state index in [1.807, 2.05) is 0 Å². The minimum absolute atomic E-state index is 0. The molecule has 3 aromatic rings. The van der Waals surface area contributed by atoms with E-state index in [1.54, 1.807) is 16.8 Å². The second-order valence-electron chi connectivity index (χ2n) is 5.48. The molecular formula is C16H18N5NaO3. The molecule has 0 aromatic carbocycles. The minimum Gasteiger partial charge on any atom is -0.545 e. The van der Waals surface area contributed by atoms with Gasteiger partial charge in [0.2, 0.25) is 0 Å². The quantitative estimate of drug-likeness (QED) is 0.433. The molecule has 8 nitrogen and oxygen atoms in total. The third kappa shape index (κ3) is 3.62. The number of carbonyl (C=O) groups excluding carboxylic acids is 1. The molecule has 0 bridgehead atoms. The molecule has 0 radical (unpaired) electrons. The number of likely N-dealkylation sites (N-methyl/N-ethyl adjacent to an activating group) is 1. The topological polar surface area (TPSA) is 95.6 Å². The van der Waals surface area contributed by atoms with Gasteiger partial charge in [-0.15, -0.1) is 0 Å². The largest absolute Gasteiger partial charge is 1.00 e. The van der Waals surface area contributed by atoms with Crippen molar-refractivity contribution in [2.24, 2.45) is 0 Å². The number of hydrogen-bond donors (Lipinski definition) is 0. The molecule has 25 heavy (non-hydrogen) atoms. The molecule has 0 saturated carbocycles. The van der Waals surface area contributed by atoms with E-state index in [9.17, 15) is 14.7 Å². The molecule has 0 N–H and O–H groups in total. The van der Waals surface area contributed by atoms with Crippen molar-refractivity contribution in [3.8, 4) is 0 Å². The summed E-state index contributed by atoms with van der Waals surface area (Å²) in [6, 6.07) is 1.75. The van der Waals surface area contributed by atoms with Crippen LogP contribution in [0.15, 0.2) is 29.5 Å². The Hall–Kier alpha value is -1.74. The first-order valence-corrected chi connectivity index (χ1v) is 7.86. The summed E-state index contributed by atoms with van der Waals surface area (Å²) >= 11 is 0. The van der Waals surface area contributed by atoms with E-state index < -0.39 is 5.97 Å². The molecule has 0 amide bonds. The molecule has 0 aliphatic rings. The van der Waals surface area contributed by atoms with Crippen molar-refractivity contribution >= 4 is 22.5 Å². The van der Waals surface area contributed by atoms with Gasteiger partial charge in [-0.3, -0.25) is 4.79 Å². The Balaban J connectivity index is 0.00000225. The van der Waals surface area contributed by atoms with Crippen molar-refractivity contribution in [2.45, 2.75) is 20.4 Å². The van der Waals surface area contributed by atoms with E-state index in [-0.39, 0.29) is 46.3 Å². The van der Waals surface area contributed by atoms with Gasteiger partial charge < -0.3 is 19.4 Å². The maximum Gasteiger partial charge on any atom is 1.00 e. The van der Waals surface area contributed by atoms with Crippen LogP contribution in [-0.4, -0.2) is 49.7 Å². The average molecular weight is 351 g/mol. The number of aromatic carboxylic acids is 1. The summed E-state index contributed by atoms with van der Waals surface area (Å²) in [5, 5.41) is 15.5. The van der Waals surface area contributed by atoms with Gasteiger partial charge in [-0.05, 0) is 19.2 Å². The number of aromatic nitrogens is 4. The van der Waals surface area contributed by atoms with E-state index in [4.69, 9.17) is 0 Å². The van der Waals surface area contributed by atoms with Crippen LogP contribution in [0.4, 0.5) is 0 Å². The van der Waals surface area contributed by atoms with Crippen LogP contribution in [0.5, 0.6) is 0 Å². The van der Waals surface area contributed by atoms with E-state index in [0.717, 1.165) is 19.6 Å². The number of fused-ring (bicyclic) bond motifs is 3. The molecule has 3 rings (SSSR count). The summed E-state index contributed by atoms with van der Waals surface area (Å²) in [6.07, 6.45) is 4.28. The van der Waals surface area contributed by atoms with Crippen molar-refractivity contribution in [3.05, 3.63) is 40.6 Å². The molecule has 9 heteroatoms. The average Bonchev–Trinajstić information content (AvgIpc) is 3.02. The Morgan fingerprint density at radius 1 is 1.28 bits per heavy atom. The van der Waals surface area contributed by atoms with Gasteiger partial charge in [-0.2, -0.15) is 5.10 Å². The van der Waals surface area contributed by atoms with E-state index in [2.05, 4.69) is 28.8 Å². The number of carboxylic acids is 1. The van der Waals surface area contributed by atoms with Crippen LogP contribution in [0.2, 0.25) is 0 Å². The van der Waals surface area contributed by atoms with E-state index in [0.29, 0.717) is 17.4 Å². The van der Waals surface area contributed by atoms with Crippen LogP contribution in [0.25, 0.3) is 16.6 Å². The third-order valence-electron chi connectivity index (χ3n) is 4.24. The van der Waals surface area contributed by atoms with Gasteiger partial charge in [0.25, 0.3) is 5.56 Å². The van der Waals surface area contributed by atoms with Gasteiger partial charge in [0, 0.05) is 25.5 Å². The predicted octanol–water partition coefficient (Wildman–Crippen LogP) is -3.25. The van der Waals surface area contributed by atoms with Gasteiger partial charge >= 0.3 is 29.6 Å². The maximum absolute atomic E-state index is 12.6. The van der Waals surface area contributed by atoms with Crippen LogP contribution in [-0.2, 0) is 6.54 Å². The number of rotatable bonds is 6. The van der Waals surface area contributed by atoms with Crippen molar-refractivity contribution in [3.63, 3.8) is 0 Å². The van der Waals surface area contributed by atoms with Gasteiger partial charge in [-0.1, -0.05) is 13.8 Å². The summed E-state index contributed by atoms with van der Waals surface area (Å²) in [7, 11) is 0. The molecule has 0 unspecified atom stereocenters. The van der Waals surface area contributed by atoms with Crippen LogP contribution in [0.3, 0.4) is 0 Å². The molecule has 0 saturated heterocycles. The first-order valence-electron chi connectivity index (χ1n) is 7.86. The number of nitrogens with zero attached hydrogens (tertiary/aromatic N) is 5. The zero-order valence-corrected chi connectivity index (χ0v) is 16.6. The van der Waals surface area contributed by atoms with Gasteiger partial charge in [0.15, 0.2) is 5.65 Å². The normalized spacial score (nSPS) is 11.2. The Kier molecular flexibility index (Phi) is 6.34. The smallest absolute Gasteiger partial charge is 0.545 e. The van der Waals surface area contributed by atoms with Crippen molar-refractivity contribution < 1.29 is 39.5 Å². The van der Waals surface area contributed by atoms with Gasteiger partial charge in [-0.25, -0.2) is 9.50 Å². The number of carboxylic acid groups (broad SMARTS) is 1.